The summed E-state index contributed by atoms with van der Waals surface area (Å²) in [4.78, 5) is 0. The predicted molar refractivity (Wildman–Crippen MR) is 123 cm³/mol. The summed E-state index contributed by atoms with van der Waals surface area (Å²) in [5.74, 6) is 0. The highest BCUT2D eigenvalue weighted by Gasteiger charge is 2.34. The number of hydrogen-bond acceptors (Lipinski definition) is 0. The van der Waals surface area contributed by atoms with E-state index >= 15 is 0 Å². The average Bonchev–Trinajstić information content (AvgIpc) is 3.12. The molecule has 4 aromatic carbocycles. The van der Waals surface area contributed by atoms with Gasteiger partial charge in [-0.25, -0.2) is 0 Å². The van der Waals surface area contributed by atoms with Crippen LogP contribution >= 0.6 is 0 Å². The number of hydrogen-bond donors (Lipinski definition) is 0. The molecule has 0 radical (unpaired) electrons. The minimum Gasteiger partial charge on any atom is -0.309 e. The van der Waals surface area contributed by atoms with Crippen molar-refractivity contribution < 1.29 is 13.2 Å². The predicted octanol–water partition coefficient (Wildman–Crippen LogP) is 8.11. The molecule has 2 heterocycles. The Labute approximate surface area is 183 Å². The second-order valence-corrected chi connectivity index (χ2v) is 8.99. The minimum atomic E-state index is -4.33. The molecule has 0 atom stereocenters. The molecule has 0 fully saturated rings. The van der Waals surface area contributed by atoms with Gasteiger partial charge in [-0.1, -0.05) is 68.4 Å². The topological polar surface area (TPSA) is 4.93 Å². The van der Waals surface area contributed by atoms with Gasteiger partial charge in [-0.2, -0.15) is 13.2 Å². The number of aromatic nitrogens is 1. The van der Waals surface area contributed by atoms with Gasteiger partial charge >= 0.3 is 6.18 Å². The van der Waals surface area contributed by atoms with E-state index in [2.05, 4.69) is 73.0 Å². The van der Waals surface area contributed by atoms with Crippen molar-refractivity contribution in [2.75, 3.05) is 0 Å². The molecular formula is C28H20F3N. The molecule has 1 nitrogen and oxygen atoms in total. The molecule has 0 amide bonds. The number of halogens is 3. The molecule has 0 bridgehead atoms. The molecule has 0 aliphatic carbocycles. The Kier molecular flexibility index (Phi) is 3.75. The molecule has 0 unspecified atom stereocenters. The Balaban J connectivity index is 1.63. The lowest BCUT2D eigenvalue weighted by molar-refractivity contribution is -0.137. The van der Waals surface area contributed by atoms with Gasteiger partial charge in [0.05, 0.1) is 22.3 Å². The van der Waals surface area contributed by atoms with Gasteiger partial charge in [0.25, 0.3) is 0 Å². The molecule has 0 saturated heterocycles. The van der Waals surface area contributed by atoms with E-state index in [9.17, 15) is 13.2 Å². The van der Waals surface area contributed by atoms with Crippen molar-refractivity contribution in [2.45, 2.75) is 25.4 Å². The minimum absolute atomic E-state index is 0.128. The molecule has 32 heavy (non-hydrogen) atoms. The Morgan fingerprint density at radius 1 is 0.688 bits per heavy atom. The molecule has 1 aliphatic rings. The summed E-state index contributed by atoms with van der Waals surface area (Å²) in [5.41, 5.74) is 6.96. The van der Waals surface area contributed by atoms with Gasteiger partial charge in [0, 0.05) is 16.2 Å². The first-order valence-electron chi connectivity index (χ1n) is 10.6. The molecule has 0 spiro atoms. The lowest BCUT2D eigenvalue weighted by Gasteiger charge is -2.34. The zero-order chi connectivity index (χ0) is 22.3. The number of alkyl halides is 3. The first kappa shape index (κ1) is 19.2. The molecule has 5 aromatic rings. The first-order chi connectivity index (χ1) is 15.3. The van der Waals surface area contributed by atoms with Crippen molar-refractivity contribution in [3.05, 3.63) is 102 Å². The SMILES string of the molecule is CC1(C)c2ccccc2-n2c3ccc(-c4ccc(C(F)(F)F)cc4)cc3c3cccc1c32. The van der Waals surface area contributed by atoms with E-state index in [1.165, 1.54) is 22.3 Å². The van der Waals surface area contributed by atoms with Crippen molar-refractivity contribution >= 4 is 21.8 Å². The average molecular weight is 427 g/mol. The Hall–Kier alpha value is -3.53. The molecule has 4 heteroatoms. The summed E-state index contributed by atoms with van der Waals surface area (Å²) >= 11 is 0. The second-order valence-electron chi connectivity index (χ2n) is 8.99. The van der Waals surface area contributed by atoms with Crippen LogP contribution in [0.15, 0.2) is 84.9 Å². The van der Waals surface area contributed by atoms with Gasteiger partial charge in [0.2, 0.25) is 0 Å². The molecule has 1 aliphatic heterocycles. The largest absolute Gasteiger partial charge is 0.416 e. The molecule has 6 rings (SSSR count). The van der Waals surface area contributed by atoms with Crippen LogP contribution in [0.1, 0.15) is 30.5 Å². The zero-order valence-corrected chi connectivity index (χ0v) is 17.7. The fraction of sp³-hybridized carbons (Fsp3) is 0.143. The monoisotopic (exact) mass is 427 g/mol. The van der Waals surface area contributed by atoms with Crippen LogP contribution in [0.3, 0.4) is 0 Å². The number of para-hydroxylation sites is 2. The van der Waals surface area contributed by atoms with Crippen LogP contribution in [0.2, 0.25) is 0 Å². The van der Waals surface area contributed by atoms with Crippen LogP contribution in [0.25, 0.3) is 38.6 Å². The van der Waals surface area contributed by atoms with Crippen LogP contribution in [0.5, 0.6) is 0 Å². The Bertz CT molecular complexity index is 1520. The maximum Gasteiger partial charge on any atom is 0.416 e. The quantitative estimate of drug-likeness (QED) is 0.255. The molecule has 158 valence electrons. The van der Waals surface area contributed by atoms with Crippen molar-refractivity contribution in [1.82, 2.24) is 4.57 Å². The fourth-order valence-corrected chi connectivity index (χ4v) is 5.20. The van der Waals surface area contributed by atoms with E-state index in [0.717, 1.165) is 39.5 Å². The third kappa shape index (κ3) is 2.52. The van der Waals surface area contributed by atoms with Crippen LogP contribution < -0.4 is 0 Å². The van der Waals surface area contributed by atoms with Crippen LogP contribution in [0, 0.1) is 0 Å². The first-order valence-corrected chi connectivity index (χ1v) is 10.6. The van der Waals surface area contributed by atoms with Crippen molar-refractivity contribution in [1.29, 1.82) is 0 Å². The highest BCUT2D eigenvalue weighted by Crippen LogP contribution is 2.47. The Morgan fingerprint density at radius 3 is 2.12 bits per heavy atom. The number of benzene rings is 4. The molecular weight excluding hydrogens is 407 g/mol. The van der Waals surface area contributed by atoms with Crippen LogP contribution in [-0.2, 0) is 11.6 Å². The number of rotatable bonds is 1. The van der Waals surface area contributed by atoms with Crippen LogP contribution in [0.4, 0.5) is 13.2 Å². The summed E-state index contributed by atoms with van der Waals surface area (Å²) in [6, 6.07) is 26.5. The highest BCUT2D eigenvalue weighted by molar-refractivity contribution is 6.12. The summed E-state index contributed by atoms with van der Waals surface area (Å²) in [6.07, 6.45) is -4.33. The standard InChI is InChI=1S/C28H20F3N/c1-27(2)22-7-3-4-9-25(22)32-24-15-12-18(17-10-13-19(14-11-17)28(29,30)31)16-21(24)20-6-5-8-23(27)26(20)32/h3-16H,1-2H3. The molecule has 0 N–H and O–H groups in total. The summed E-state index contributed by atoms with van der Waals surface area (Å²) in [7, 11) is 0. The van der Waals surface area contributed by atoms with Gasteiger partial charge in [-0.3, -0.25) is 0 Å². The summed E-state index contributed by atoms with van der Waals surface area (Å²) < 4.78 is 41.2. The lowest BCUT2D eigenvalue weighted by Crippen LogP contribution is -2.26. The van der Waals surface area contributed by atoms with E-state index in [4.69, 9.17) is 0 Å². The third-order valence-electron chi connectivity index (χ3n) is 6.82. The number of nitrogens with zero attached hydrogens (tertiary/aromatic N) is 1. The van der Waals surface area contributed by atoms with E-state index < -0.39 is 11.7 Å². The van der Waals surface area contributed by atoms with Gasteiger partial charge in [-0.05, 0) is 52.6 Å². The van der Waals surface area contributed by atoms with Crippen LogP contribution in [-0.4, -0.2) is 4.57 Å². The zero-order valence-electron chi connectivity index (χ0n) is 17.7. The second kappa shape index (κ2) is 6.26. The van der Waals surface area contributed by atoms with Gasteiger partial charge in [-0.15, -0.1) is 0 Å². The van der Waals surface area contributed by atoms with E-state index in [0.29, 0.717) is 0 Å². The van der Waals surface area contributed by atoms with Crippen molar-refractivity contribution in [2.24, 2.45) is 0 Å². The fourth-order valence-electron chi connectivity index (χ4n) is 5.20. The van der Waals surface area contributed by atoms with Crippen molar-refractivity contribution in [3.63, 3.8) is 0 Å². The highest BCUT2D eigenvalue weighted by atomic mass is 19.4. The molecule has 0 saturated carbocycles. The van der Waals surface area contributed by atoms with E-state index in [1.54, 1.807) is 12.1 Å². The maximum atomic E-state index is 13.0. The maximum absolute atomic E-state index is 13.0. The van der Waals surface area contributed by atoms with Crippen molar-refractivity contribution in [3.8, 4) is 16.8 Å². The summed E-state index contributed by atoms with van der Waals surface area (Å²) in [5, 5.41) is 2.26. The normalized spacial score (nSPS) is 14.7. The van der Waals surface area contributed by atoms with E-state index in [-0.39, 0.29) is 5.41 Å². The number of fused-ring (bicyclic) bond motifs is 5. The van der Waals surface area contributed by atoms with Gasteiger partial charge in [0.15, 0.2) is 0 Å². The van der Waals surface area contributed by atoms with Gasteiger partial charge < -0.3 is 4.57 Å². The Morgan fingerprint density at radius 2 is 1.38 bits per heavy atom. The van der Waals surface area contributed by atoms with E-state index in [1.807, 2.05) is 6.07 Å². The van der Waals surface area contributed by atoms with Gasteiger partial charge in [0.1, 0.15) is 0 Å². The summed E-state index contributed by atoms with van der Waals surface area (Å²) in [6.45, 7) is 4.52. The third-order valence-corrected chi connectivity index (χ3v) is 6.82. The molecule has 1 aromatic heterocycles. The lowest BCUT2D eigenvalue weighted by atomic mass is 9.75. The smallest absolute Gasteiger partial charge is 0.309 e.